The molecule has 2 aromatic rings. The lowest BCUT2D eigenvalue weighted by Crippen LogP contribution is -2.12. The summed E-state index contributed by atoms with van der Waals surface area (Å²) in [5, 5.41) is 14.6. The van der Waals surface area contributed by atoms with Crippen molar-refractivity contribution in [2.24, 2.45) is 0 Å². The van der Waals surface area contributed by atoms with Crippen molar-refractivity contribution in [1.82, 2.24) is 4.98 Å². The van der Waals surface area contributed by atoms with Crippen LogP contribution in [0.25, 0.3) is 0 Å². The Labute approximate surface area is 140 Å². The fourth-order valence-corrected chi connectivity index (χ4v) is 2.01. The molecule has 7 heteroatoms. The number of aliphatic hydroxyl groups is 1. The van der Waals surface area contributed by atoms with Crippen LogP contribution in [-0.4, -0.2) is 43.4 Å². The number of carbonyl (C=O) groups is 1. The Morgan fingerprint density at radius 2 is 1.88 bits per heavy atom. The number of aromatic nitrogens is 1. The van der Waals surface area contributed by atoms with E-state index in [-0.39, 0.29) is 12.5 Å². The number of ether oxygens (including phenoxy) is 2. The molecule has 0 saturated heterocycles. The highest BCUT2D eigenvalue weighted by molar-refractivity contribution is 6.04. The molecule has 2 rings (SSSR count). The monoisotopic (exact) mass is 331 g/mol. The number of hydrogen-bond acceptors (Lipinski definition) is 6. The normalized spacial score (nSPS) is 10.1. The molecule has 1 amide bonds. The second kappa shape index (κ2) is 8.73. The largest absolute Gasteiger partial charge is 0.497 e. The molecule has 1 heterocycles. The van der Waals surface area contributed by atoms with Gasteiger partial charge in [-0.25, -0.2) is 4.98 Å². The molecule has 0 saturated carbocycles. The summed E-state index contributed by atoms with van der Waals surface area (Å²) >= 11 is 0. The second-order valence-corrected chi connectivity index (χ2v) is 4.99. The molecular formula is C17H21N3O4. The first-order valence-corrected chi connectivity index (χ1v) is 7.51. The molecule has 0 aliphatic carbocycles. The van der Waals surface area contributed by atoms with Gasteiger partial charge in [0.2, 0.25) is 0 Å². The minimum Gasteiger partial charge on any atom is -0.497 e. The lowest BCUT2D eigenvalue weighted by atomic mass is 10.2. The molecule has 0 spiro atoms. The van der Waals surface area contributed by atoms with Gasteiger partial charge in [0.15, 0.2) is 0 Å². The van der Waals surface area contributed by atoms with Crippen molar-refractivity contribution in [3.8, 4) is 11.5 Å². The number of benzene rings is 1. The van der Waals surface area contributed by atoms with Gasteiger partial charge in [0.05, 0.1) is 26.1 Å². The summed E-state index contributed by atoms with van der Waals surface area (Å²) in [6, 6.07) is 8.49. The summed E-state index contributed by atoms with van der Waals surface area (Å²) in [6.45, 7) is 0.768. The Morgan fingerprint density at radius 1 is 1.17 bits per heavy atom. The van der Waals surface area contributed by atoms with Crippen LogP contribution in [0, 0.1) is 0 Å². The lowest BCUT2D eigenvalue weighted by molar-refractivity contribution is 0.102. The quantitative estimate of drug-likeness (QED) is 0.642. The van der Waals surface area contributed by atoms with E-state index in [0.29, 0.717) is 41.5 Å². The number of aliphatic hydroxyl groups excluding tert-OH is 1. The van der Waals surface area contributed by atoms with Crippen LogP contribution < -0.4 is 20.1 Å². The van der Waals surface area contributed by atoms with Crippen LogP contribution in [0.5, 0.6) is 11.5 Å². The zero-order chi connectivity index (χ0) is 17.4. The Bertz CT molecular complexity index is 652. The topological polar surface area (TPSA) is 92.7 Å². The van der Waals surface area contributed by atoms with Gasteiger partial charge < -0.3 is 25.2 Å². The van der Waals surface area contributed by atoms with Crippen molar-refractivity contribution in [2.45, 2.75) is 6.42 Å². The Balaban J connectivity index is 2.04. The molecular weight excluding hydrogens is 310 g/mol. The fourth-order valence-electron chi connectivity index (χ4n) is 2.01. The van der Waals surface area contributed by atoms with Crippen LogP contribution in [-0.2, 0) is 0 Å². The molecule has 0 radical (unpaired) electrons. The summed E-state index contributed by atoms with van der Waals surface area (Å²) in [5.74, 6) is 1.49. The first kappa shape index (κ1) is 17.6. The molecule has 0 bridgehead atoms. The number of hydrogen-bond donors (Lipinski definition) is 3. The van der Waals surface area contributed by atoms with Crippen LogP contribution in [0.1, 0.15) is 16.8 Å². The van der Waals surface area contributed by atoms with Gasteiger partial charge >= 0.3 is 0 Å². The van der Waals surface area contributed by atoms with Crippen LogP contribution in [0.2, 0.25) is 0 Å². The van der Waals surface area contributed by atoms with Gasteiger partial charge in [0, 0.05) is 24.8 Å². The van der Waals surface area contributed by atoms with Gasteiger partial charge in [-0.05, 0) is 30.7 Å². The van der Waals surface area contributed by atoms with Gasteiger partial charge in [0.1, 0.15) is 17.3 Å². The maximum Gasteiger partial charge on any atom is 0.255 e. The number of rotatable bonds is 8. The third-order valence-corrected chi connectivity index (χ3v) is 3.28. The molecule has 0 unspecified atom stereocenters. The fraction of sp³-hybridized carbons (Fsp3) is 0.294. The van der Waals surface area contributed by atoms with E-state index in [1.54, 1.807) is 36.5 Å². The van der Waals surface area contributed by atoms with Gasteiger partial charge in [-0.2, -0.15) is 0 Å². The molecule has 24 heavy (non-hydrogen) atoms. The third kappa shape index (κ3) is 4.85. The Kier molecular flexibility index (Phi) is 6.39. The molecule has 0 aliphatic rings. The standard InChI is InChI=1S/C17H21N3O4/c1-23-14-8-12(9-15(10-14)24-2)17(22)20-13-4-5-16(19-11-13)18-6-3-7-21/h4-5,8-11,21H,3,6-7H2,1-2H3,(H,18,19)(H,20,22). The molecule has 128 valence electrons. The lowest BCUT2D eigenvalue weighted by Gasteiger charge is -2.10. The molecule has 1 aromatic carbocycles. The second-order valence-electron chi connectivity index (χ2n) is 4.99. The van der Waals surface area contributed by atoms with Crippen molar-refractivity contribution in [2.75, 3.05) is 38.0 Å². The molecule has 0 atom stereocenters. The first-order valence-electron chi connectivity index (χ1n) is 7.51. The average Bonchev–Trinajstić information content (AvgIpc) is 2.62. The smallest absolute Gasteiger partial charge is 0.255 e. The van der Waals surface area contributed by atoms with Gasteiger partial charge in [-0.15, -0.1) is 0 Å². The van der Waals surface area contributed by atoms with Gasteiger partial charge in [-0.3, -0.25) is 4.79 Å². The summed E-state index contributed by atoms with van der Waals surface area (Å²) in [7, 11) is 3.06. The van der Waals surface area contributed by atoms with Crippen molar-refractivity contribution < 1.29 is 19.4 Å². The highest BCUT2D eigenvalue weighted by atomic mass is 16.5. The Hall–Kier alpha value is -2.80. The summed E-state index contributed by atoms with van der Waals surface area (Å²) in [6.07, 6.45) is 2.22. The maximum absolute atomic E-state index is 12.4. The van der Waals surface area contributed by atoms with Crippen molar-refractivity contribution >= 4 is 17.4 Å². The van der Waals surface area contributed by atoms with E-state index in [0.717, 1.165) is 0 Å². The Morgan fingerprint density at radius 3 is 2.42 bits per heavy atom. The van der Waals surface area contributed by atoms with E-state index in [9.17, 15) is 4.79 Å². The number of amides is 1. The minimum atomic E-state index is -0.282. The van der Waals surface area contributed by atoms with Gasteiger partial charge in [-0.1, -0.05) is 0 Å². The SMILES string of the molecule is COc1cc(OC)cc(C(=O)Nc2ccc(NCCCO)nc2)c1. The van der Waals surface area contributed by atoms with E-state index in [2.05, 4.69) is 15.6 Å². The van der Waals surface area contributed by atoms with E-state index < -0.39 is 0 Å². The number of methoxy groups -OCH3 is 2. The number of pyridine rings is 1. The summed E-state index contributed by atoms with van der Waals surface area (Å²) < 4.78 is 10.3. The number of nitrogens with zero attached hydrogens (tertiary/aromatic N) is 1. The molecule has 1 aromatic heterocycles. The van der Waals surface area contributed by atoms with E-state index in [1.807, 2.05) is 0 Å². The number of carbonyl (C=O) groups excluding carboxylic acids is 1. The zero-order valence-corrected chi connectivity index (χ0v) is 13.7. The molecule has 0 fully saturated rings. The molecule has 0 aliphatic heterocycles. The van der Waals surface area contributed by atoms with Crippen molar-refractivity contribution in [1.29, 1.82) is 0 Å². The van der Waals surface area contributed by atoms with Gasteiger partial charge in [0.25, 0.3) is 5.91 Å². The minimum absolute atomic E-state index is 0.130. The highest BCUT2D eigenvalue weighted by Gasteiger charge is 2.10. The van der Waals surface area contributed by atoms with Crippen LogP contribution in [0.15, 0.2) is 36.5 Å². The van der Waals surface area contributed by atoms with E-state index in [1.165, 1.54) is 14.2 Å². The predicted molar refractivity (Wildman–Crippen MR) is 91.9 cm³/mol. The highest BCUT2D eigenvalue weighted by Crippen LogP contribution is 2.23. The summed E-state index contributed by atoms with van der Waals surface area (Å²) in [4.78, 5) is 16.6. The number of nitrogens with one attached hydrogen (secondary N) is 2. The van der Waals surface area contributed by atoms with Crippen LogP contribution in [0.4, 0.5) is 11.5 Å². The van der Waals surface area contributed by atoms with Crippen molar-refractivity contribution in [3.05, 3.63) is 42.1 Å². The third-order valence-electron chi connectivity index (χ3n) is 3.28. The summed E-state index contributed by atoms with van der Waals surface area (Å²) in [5.41, 5.74) is 1.01. The predicted octanol–water partition coefficient (Wildman–Crippen LogP) is 2.15. The van der Waals surface area contributed by atoms with Crippen LogP contribution >= 0.6 is 0 Å². The average molecular weight is 331 g/mol. The van der Waals surface area contributed by atoms with E-state index in [4.69, 9.17) is 14.6 Å². The van der Waals surface area contributed by atoms with E-state index >= 15 is 0 Å². The number of anilines is 2. The first-order chi connectivity index (χ1) is 11.7. The molecule has 7 nitrogen and oxygen atoms in total. The zero-order valence-electron chi connectivity index (χ0n) is 13.7. The van der Waals surface area contributed by atoms with Crippen molar-refractivity contribution in [3.63, 3.8) is 0 Å². The van der Waals surface area contributed by atoms with Crippen LogP contribution in [0.3, 0.4) is 0 Å². The molecule has 3 N–H and O–H groups in total. The maximum atomic E-state index is 12.4.